The third kappa shape index (κ3) is 2.49. The fourth-order valence-electron chi connectivity index (χ4n) is 1.51. The molecule has 16 heavy (non-hydrogen) atoms. The van der Waals surface area contributed by atoms with Crippen molar-refractivity contribution in [2.45, 2.75) is 27.3 Å². The van der Waals surface area contributed by atoms with E-state index in [-0.39, 0.29) is 11.1 Å². The molecule has 5 nitrogen and oxygen atoms in total. The molecule has 0 atom stereocenters. The Morgan fingerprint density at radius 2 is 2.12 bits per heavy atom. The molecule has 1 aromatic heterocycles. The minimum Gasteiger partial charge on any atom is -0.312 e. The average molecular weight is 223 g/mol. The number of rotatable bonds is 3. The number of carbonyl (C=O) groups is 1. The fraction of sp³-hybridized carbons (Fsp3) is 0.455. The van der Waals surface area contributed by atoms with Gasteiger partial charge in [0.25, 0.3) is 11.5 Å². The summed E-state index contributed by atoms with van der Waals surface area (Å²) in [4.78, 5) is 23.3. The van der Waals surface area contributed by atoms with E-state index in [0.717, 1.165) is 5.69 Å². The third-order valence-corrected chi connectivity index (χ3v) is 2.32. The molecule has 0 radical (unpaired) electrons. The topological polar surface area (TPSA) is 77.1 Å². The maximum absolute atomic E-state index is 12.0. The van der Waals surface area contributed by atoms with Crippen molar-refractivity contribution in [2.75, 3.05) is 0 Å². The lowest BCUT2D eigenvalue weighted by molar-refractivity contribution is 0.0951. The molecule has 3 N–H and O–H groups in total. The van der Waals surface area contributed by atoms with E-state index in [2.05, 4.69) is 0 Å². The van der Waals surface area contributed by atoms with E-state index < -0.39 is 5.91 Å². The van der Waals surface area contributed by atoms with Gasteiger partial charge >= 0.3 is 0 Å². The highest BCUT2D eigenvalue weighted by Crippen LogP contribution is 2.03. The molecule has 0 aliphatic heterocycles. The van der Waals surface area contributed by atoms with Gasteiger partial charge in [-0.15, -0.1) is 0 Å². The summed E-state index contributed by atoms with van der Waals surface area (Å²) in [6.45, 7) is 6.47. The van der Waals surface area contributed by atoms with Crippen LogP contribution in [0.25, 0.3) is 0 Å². The number of aromatic nitrogens is 1. The predicted octanol–water partition coefficient (Wildman–Crippen LogP) is 0.416. The standard InChI is InChI=1S/C11H17N3O2/c1-7(2)6-14-8(3)4-5-9(11(14)16)10(15)13-12/h4-5,7H,6,12H2,1-3H3,(H,13,15). The molecule has 1 amide bonds. The Morgan fingerprint density at radius 1 is 1.50 bits per heavy atom. The Balaban J connectivity index is 3.27. The second kappa shape index (κ2) is 4.94. The molecular formula is C11H17N3O2. The van der Waals surface area contributed by atoms with E-state index in [4.69, 9.17) is 5.84 Å². The predicted molar refractivity (Wildman–Crippen MR) is 61.9 cm³/mol. The number of nitrogens with one attached hydrogen (secondary N) is 1. The van der Waals surface area contributed by atoms with Crippen molar-refractivity contribution in [3.05, 3.63) is 33.7 Å². The largest absolute Gasteiger partial charge is 0.312 e. The summed E-state index contributed by atoms with van der Waals surface area (Å²) in [5.74, 6) is 4.80. The molecule has 0 saturated heterocycles. The number of hydrogen-bond acceptors (Lipinski definition) is 3. The fourth-order valence-corrected chi connectivity index (χ4v) is 1.51. The van der Waals surface area contributed by atoms with Gasteiger partial charge in [-0.3, -0.25) is 15.0 Å². The summed E-state index contributed by atoms with van der Waals surface area (Å²) in [5.41, 5.74) is 2.59. The molecule has 0 aromatic carbocycles. The second-order valence-electron chi connectivity index (χ2n) is 4.17. The molecular weight excluding hydrogens is 206 g/mol. The van der Waals surface area contributed by atoms with E-state index in [9.17, 15) is 9.59 Å². The van der Waals surface area contributed by atoms with Crippen molar-refractivity contribution in [1.82, 2.24) is 9.99 Å². The van der Waals surface area contributed by atoms with Crippen molar-refractivity contribution in [1.29, 1.82) is 0 Å². The van der Waals surface area contributed by atoms with E-state index >= 15 is 0 Å². The first-order valence-corrected chi connectivity index (χ1v) is 5.18. The van der Waals surface area contributed by atoms with Crippen LogP contribution in [0.2, 0.25) is 0 Å². The zero-order valence-electron chi connectivity index (χ0n) is 9.78. The Morgan fingerprint density at radius 3 is 2.62 bits per heavy atom. The van der Waals surface area contributed by atoms with Crippen LogP contribution < -0.4 is 16.8 Å². The number of aryl methyl sites for hydroxylation is 1. The summed E-state index contributed by atoms with van der Waals surface area (Å²) in [6.07, 6.45) is 0. The van der Waals surface area contributed by atoms with Crippen molar-refractivity contribution >= 4 is 5.91 Å². The first kappa shape index (κ1) is 12.4. The van der Waals surface area contributed by atoms with Crippen molar-refractivity contribution < 1.29 is 4.79 Å². The molecule has 1 rings (SSSR count). The van der Waals surface area contributed by atoms with E-state index in [1.165, 1.54) is 6.07 Å². The maximum atomic E-state index is 12.0. The number of pyridine rings is 1. The van der Waals surface area contributed by atoms with Crippen LogP contribution in [0.1, 0.15) is 29.9 Å². The zero-order chi connectivity index (χ0) is 12.3. The number of nitrogens with two attached hydrogens (primary N) is 1. The van der Waals surface area contributed by atoms with Gasteiger partial charge in [0.2, 0.25) is 0 Å². The van der Waals surface area contributed by atoms with Crippen LogP contribution in [0.5, 0.6) is 0 Å². The summed E-state index contributed by atoms with van der Waals surface area (Å²) < 4.78 is 1.59. The SMILES string of the molecule is Cc1ccc(C(=O)NN)c(=O)n1CC(C)C. The molecule has 1 heterocycles. The van der Waals surface area contributed by atoms with Gasteiger partial charge in [-0.05, 0) is 25.0 Å². The number of hydrazine groups is 1. The van der Waals surface area contributed by atoms with Crippen LogP contribution in [0, 0.1) is 12.8 Å². The van der Waals surface area contributed by atoms with Crippen LogP contribution in [0.15, 0.2) is 16.9 Å². The molecule has 0 unspecified atom stereocenters. The van der Waals surface area contributed by atoms with Crippen LogP contribution in [-0.2, 0) is 6.54 Å². The molecule has 0 spiro atoms. The summed E-state index contributed by atoms with van der Waals surface area (Å²) in [5, 5.41) is 0. The van der Waals surface area contributed by atoms with Crippen molar-refractivity contribution in [3.8, 4) is 0 Å². The summed E-state index contributed by atoms with van der Waals surface area (Å²) in [6, 6.07) is 3.24. The molecule has 0 fully saturated rings. The highest BCUT2D eigenvalue weighted by atomic mass is 16.2. The third-order valence-electron chi connectivity index (χ3n) is 2.32. The lowest BCUT2D eigenvalue weighted by Crippen LogP contribution is -2.37. The Bertz CT molecular complexity index is 449. The highest BCUT2D eigenvalue weighted by Gasteiger charge is 2.12. The lowest BCUT2D eigenvalue weighted by Gasteiger charge is -2.13. The van der Waals surface area contributed by atoms with Gasteiger partial charge < -0.3 is 4.57 Å². The number of amides is 1. The van der Waals surface area contributed by atoms with E-state index in [1.54, 1.807) is 10.6 Å². The quantitative estimate of drug-likeness (QED) is 0.443. The van der Waals surface area contributed by atoms with Gasteiger partial charge in [0.1, 0.15) is 5.56 Å². The first-order chi connectivity index (χ1) is 7.47. The zero-order valence-corrected chi connectivity index (χ0v) is 9.78. The number of nitrogens with zero attached hydrogens (tertiary/aromatic N) is 1. The van der Waals surface area contributed by atoms with E-state index in [0.29, 0.717) is 12.5 Å². The first-order valence-electron chi connectivity index (χ1n) is 5.18. The summed E-state index contributed by atoms with van der Waals surface area (Å²) >= 11 is 0. The van der Waals surface area contributed by atoms with Crippen LogP contribution >= 0.6 is 0 Å². The maximum Gasteiger partial charge on any atom is 0.270 e. The Hall–Kier alpha value is -1.62. The molecule has 88 valence electrons. The molecule has 5 heteroatoms. The normalized spacial score (nSPS) is 10.6. The van der Waals surface area contributed by atoms with Crippen LogP contribution in [0.3, 0.4) is 0 Å². The molecule has 0 aliphatic rings. The monoisotopic (exact) mass is 223 g/mol. The van der Waals surface area contributed by atoms with Gasteiger partial charge in [-0.1, -0.05) is 13.8 Å². The van der Waals surface area contributed by atoms with Crippen LogP contribution in [-0.4, -0.2) is 10.5 Å². The second-order valence-corrected chi connectivity index (χ2v) is 4.17. The summed E-state index contributed by atoms with van der Waals surface area (Å²) in [7, 11) is 0. The smallest absolute Gasteiger partial charge is 0.270 e. The van der Waals surface area contributed by atoms with Crippen LogP contribution in [0.4, 0.5) is 0 Å². The van der Waals surface area contributed by atoms with Gasteiger partial charge in [-0.25, -0.2) is 5.84 Å². The van der Waals surface area contributed by atoms with E-state index in [1.807, 2.05) is 26.2 Å². The average Bonchev–Trinajstić information content (AvgIpc) is 2.23. The lowest BCUT2D eigenvalue weighted by atomic mass is 10.2. The van der Waals surface area contributed by atoms with Gasteiger partial charge in [0.05, 0.1) is 0 Å². The minimum atomic E-state index is -0.553. The van der Waals surface area contributed by atoms with Crippen molar-refractivity contribution in [2.24, 2.45) is 11.8 Å². The molecule has 0 saturated carbocycles. The molecule has 0 aliphatic carbocycles. The molecule has 1 aromatic rings. The van der Waals surface area contributed by atoms with Gasteiger partial charge in [0.15, 0.2) is 0 Å². The molecule has 0 bridgehead atoms. The number of nitrogen functional groups attached to an aromatic ring is 1. The Labute approximate surface area is 94.2 Å². The van der Waals surface area contributed by atoms with Crippen molar-refractivity contribution in [3.63, 3.8) is 0 Å². The minimum absolute atomic E-state index is 0.0775. The van der Waals surface area contributed by atoms with Gasteiger partial charge in [0, 0.05) is 12.2 Å². The van der Waals surface area contributed by atoms with Gasteiger partial charge in [-0.2, -0.15) is 0 Å². The highest BCUT2D eigenvalue weighted by molar-refractivity contribution is 5.93. The Kier molecular flexibility index (Phi) is 3.84. The number of carbonyl (C=O) groups excluding carboxylic acids is 1. The number of hydrogen-bond donors (Lipinski definition) is 2.